The zero-order chi connectivity index (χ0) is 18.7. The quantitative estimate of drug-likeness (QED) is 0.621. The number of nitrogens with one attached hydrogen (secondary N) is 3. The lowest BCUT2D eigenvalue weighted by atomic mass is 9.80. The monoisotopic (exact) mass is 368 g/mol. The molecule has 3 N–H and O–H groups in total. The lowest BCUT2D eigenvalue weighted by Gasteiger charge is -2.35. The van der Waals surface area contributed by atoms with Crippen LogP contribution in [-0.4, -0.2) is 53.2 Å². The van der Waals surface area contributed by atoms with E-state index >= 15 is 0 Å². The third-order valence-electron chi connectivity index (χ3n) is 6.22. The van der Waals surface area contributed by atoms with Crippen molar-refractivity contribution < 1.29 is 19.2 Å². The first-order valence-electron chi connectivity index (χ1n) is 9.35. The van der Waals surface area contributed by atoms with Crippen LogP contribution >= 0.6 is 0 Å². The highest BCUT2D eigenvalue weighted by atomic mass is 16.2. The van der Waals surface area contributed by atoms with E-state index in [4.69, 9.17) is 0 Å². The smallest absolute Gasteiger partial charge is 0.262 e. The molecule has 140 valence electrons. The van der Waals surface area contributed by atoms with E-state index in [0.29, 0.717) is 35.7 Å². The SMILES string of the molecule is O=C1CCC(N2C(=O)c3cccc(CN[C@H]4[C@H]5CN[C@@H]4C5)c3C2=O)C(=O)N1. The second kappa shape index (κ2) is 5.97. The topological polar surface area (TPSA) is 108 Å². The largest absolute Gasteiger partial charge is 0.312 e. The lowest BCUT2D eigenvalue weighted by molar-refractivity contribution is -0.136. The van der Waals surface area contributed by atoms with Crippen LogP contribution in [0.1, 0.15) is 45.5 Å². The Kier molecular flexibility index (Phi) is 3.66. The summed E-state index contributed by atoms with van der Waals surface area (Å²) in [6.07, 6.45) is 1.47. The minimum Gasteiger partial charge on any atom is -0.312 e. The number of nitrogens with zero attached hydrogens (tertiary/aromatic N) is 1. The molecular weight excluding hydrogens is 348 g/mol. The molecule has 6 rings (SSSR count). The van der Waals surface area contributed by atoms with Crippen molar-refractivity contribution >= 4 is 23.6 Å². The van der Waals surface area contributed by atoms with Crippen molar-refractivity contribution in [1.82, 2.24) is 20.9 Å². The molecule has 1 aromatic rings. The van der Waals surface area contributed by atoms with Gasteiger partial charge in [0.2, 0.25) is 11.8 Å². The van der Waals surface area contributed by atoms with Gasteiger partial charge in [-0.05, 0) is 36.9 Å². The van der Waals surface area contributed by atoms with Gasteiger partial charge in [-0.25, -0.2) is 0 Å². The number of hydrogen-bond acceptors (Lipinski definition) is 6. The molecular formula is C19H20N4O4. The van der Waals surface area contributed by atoms with Gasteiger partial charge in [0.25, 0.3) is 11.8 Å². The fourth-order valence-electron chi connectivity index (χ4n) is 4.74. The molecule has 1 aliphatic carbocycles. The molecule has 4 amide bonds. The third kappa shape index (κ3) is 2.44. The van der Waals surface area contributed by atoms with Crippen LogP contribution < -0.4 is 16.0 Å². The zero-order valence-electron chi connectivity index (χ0n) is 14.7. The van der Waals surface area contributed by atoms with Crippen LogP contribution in [0.25, 0.3) is 0 Å². The van der Waals surface area contributed by atoms with Gasteiger partial charge < -0.3 is 10.6 Å². The number of amides is 4. The van der Waals surface area contributed by atoms with Crippen LogP contribution in [-0.2, 0) is 16.1 Å². The lowest BCUT2D eigenvalue weighted by Crippen LogP contribution is -2.54. The van der Waals surface area contributed by atoms with Crippen LogP contribution in [0.15, 0.2) is 18.2 Å². The van der Waals surface area contributed by atoms with Gasteiger partial charge in [0, 0.05) is 25.0 Å². The molecule has 5 aliphatic rings. The Bertz CT molecular complexity index is 868. The van der Waals surface area contributed by atoms with E-state index in [1.807, 2.05) is 6.07 Å². The van der Waals surface area contributed by atoms with Crippen molar-refractivity contribution in [2.24, 2.45) is 5.92 Å². The summed E-state index contributed by atoms with van der Waals surface area (Å²) < 4.78 is 0. The maximum absolute atomic E-state index is 13.0. The number of piperidine rings is 1. The summed E-state index contributed by atoms with van der Waals surface area (Å²) in [5.41, 5.74) is 1.48. The van der Waals surface area contributed by atoms with Gasteiger partial charge in [-0.2, -0.15) is 0 Å². The maximum atomic E-state index is 13.0. The first-order chi connectivity index (χ1) is 13.0. The van der Waals surface area contributed by atoms with E-state index < -0.39 is 23.8 Å². The summed E-state index contributed by atoms with van der Waals surface area (Å²) in [6, 6.07) is 5.20. The summed E-state index contributed by atoms with van der Waals surface area (Å²) in [4.78, 5) is 50.4. The predicted molar refractivity (Wildman–Crippen MR) is 93.6 cm³/mol. The second-order valence-corrected chi connectivity index (χ2v) is 7.70. The number of carbonyl (C=O) groups excluding carboxylic acids is 4. The standard InChI is InChI=1S/C19H20N4O4/c24-14-5-4-13(17(25)22-14)23-18(26)11-3-1-2-9(15(11)19(23)27)7-21-16-10-6-12(16)20-8-10/h1-3,10,12-13,16,20-21H,4-8H2,(H,22,24,25)/t10-,12-,13?,16+/m1/s1. The van der Waals surface area contributed by atoms with Crippen molar-refractivity contribution in [3.63, 3.8) is 0 Å². The van der Waals surface area contributed by atoms with Crippen molar-refractivity contribution in [1.29, 1.82) is 0 Å². The van der Waals surface area contributed by atoms with E-state index in [9.17, 15) is 19.2 Å². The van der Waals surface area contributed by atoms with Crippen LogP contribution in [0.2, 0.25) is 0 Å². The summed E-state index contributed by atoms with van der Waals surface area (Å²) >= 11 is 0. The van der Waals surface area contributed by atoms with Crippen LogP contribution in [0.3, 0.4) is 0 Å². The molecule has 1 saturated carbocycles. The number of benzene rings is 1. The molecule has 1 aromatic carbocycles. The van der Waals surface area contributed by atoms with Crippen LogP contribution in [0, 0.1) is 5.92 Å². The Morgan fingerprint density at radius 3 is 2.70 bits per heavy atom. The van der Waals surface area contributed by atoms with E-state index in [1.54, 1.807) is 12.1 Å². The third-order valence-corrected chi connectivity index (χ3v) is 6.22. The Morgan fingerprint density at radius 1 is 1.15 bits per heavy atom. The molecule has 0 radical (unpaired) electrons. The van der Waals surface area contributed by atoms with Crippen molar-refractivity contribution in [3.8, 4) is 0 Å². The number of hydrogen-bond donors (Lipinski definition) is 3. The Morgan fingerprint density at radius 2 is 2.00 bits per heavy atom. The average molecular weight is 368 g/mol. The molecule has 3 saturated heterocycles. The van der Waals surface area contributed by atoms with Crippen molar-refractivity contribution in [3.05, 3.63) is 34.9 Å². The Labute approximate surface area is 155 Å². The summed E-state index contributed by atoms with van der Waals surface area (Å²) in [6.45, 7) is 1.53. The minimum absolute atomic E-state index is 0.121. The van der Waals surface area contributed by atoms with Gasteiger partial charge in [0.05, 0.1) is 11.1 Å². The van der Waals surface area contributed by atoms with Gasteiger partial charge in [-0.3, -0.25) is 29.4 Å². The molecule has 4 atom stereocenters. The summed E-state index contributed by atoms with van der Waals surface area (Å²) in [5.74, 6) is -1.24. The first-order valence-corrected chi connectivity index (χ1v) is 9.35. The maximum Gasteiger partial charge on any atom is 0.262 e. The highest BCUT2D eigenvalue weighted by Gasteiger charge is 2.47. The highest BCUT2D eigenvalue weighted by Crippen LogP contribution is 2.35. The predicted octanol–water partition coefficient (Wildman–Crippen LogP) is -0.462. The molecule has 1 unspecified atom stereocenters. The highest BCUT2D eigenvalue weighted by molar-refractivity contribution is 6.24. The molecule has 0 aromatic heterocycles. The summed E-state index contributed by atoms with van der Waals surface area (Å²) in [5, 5.41) is 9.16. The van der Waals surface area contributed by atoms with Gasteiger partial charge >= 0.3 is 0 Å². The molecule has 2 bridgehead atoms. The molecule has 4 aliphatic heterocycles. The average Bonchev–Trinajstić information content (AvgIpc) is 3.33. The molecule has 8 heteroatoms. The van der Waals surface area contributed by atoms with Crippen molar-refractivity contribution in [2.75, 3.05) is 6.54 Å². The van der Waals surface area contributed by atoms with E-state index in [1.165, 1.54) is 6.42 Å². The molecule has 0 spiro atoms. The molecule has 8 nitrogen and oxygen atoms in total. The Hall–Kier alpha value is -2.58. The normalized spacial score (nSPS) is 31.8. The minimum atomic E-state index is -0.928. The van der Waals surface area contributed by atoms with Gasteiger partial charge in [-0.15, -0.1) is 0 Å². The first kappa shape index (κ1) is 16.6. The Balaban J connectivity index is 1.39. The molecule has 27 heavy (non-hydrogen) atoms. The summed E-state index contributed by atoms with van der Waals surface area (Å²) in [7, 11) is 0. The van der Waals surface area contributed by atoms with Crippen LogP contribution in [0.5, 0.6) is 0 Å². The molecule has 4 heterocycles. The number of rotatable bonds is 4. The number of carbonyl (C=O) groups is 4. The fourth-order valence-corrected chi connectivity index (χ4v) is 4.74. The van der Waals surface area contributed by atoms with Crippen molar-refractivity contribution in [2.45, 2.75) is 43.9 Å². The number of imide groups is 2. The van der Waals surface area contributed by atoms with E-state index in [0.717, 1.165) is 17.0 Å². The van der Waals surface area contributed by atoms with E-state index in [-0.39, 0.29) is 18.7 Å². The van der Waals surface area contributed by atoms with Gasteiger partial charge in [-0.1, -0.05) is 12.1 Å². The fraction of sp³-hybridized carbons (Fsp3) is 0.474. The van der Waals surface area contributed by atoms with Gasteiger partial charge in [0.1, 0.15) is 6.04 Å². The number of fused-ring (bicyclic) bond motifs is 2. The van der Waals surface area contributed by atoms with Crippen LogP contribution in [0.4, 0.5) is 0 Å². The molecule has 4 fully saturated rings. The van der Waals surface area contributed by atoms with E-state index in [2.05, 4.69) is 16.0 Å². The zero-order valence-corrected chi connectivity index (χ0v) is 14.7. The second-order valence-electron chi connectivity index (χ2n) is 7.70. The van der Waals surface area contributed by atoms with Gasteiger partial charge in [0.15, 0.2) is 0 Å².